The van der Waals surface area contributed by atoms with E-state index >= 15 is 0 Å². The molecule has 2 aromatic rings. The number of rotatable bonds is 9. The van der Waals surface area contributed by atoms with Gasteiger partial charge in [-0.25, -0.2) is 13.6 Å². The van der Waals surface area contributed by atoms with Crippen molar-refractivity contribution < 1.29 is 41.7 Å². The van der Waals surface area contributed by atoms with E-state index in [1.807, 2.05) is 0 Å². The van der Waals surface area contributed by atoms with Crippen molar-refractivity contribution in [3.05, 3.63) is 76.4 Å². The molecule has 0 N–H and O–H groups in total. The molecule has 0 saturated heterocycles. The third kappa shape index (κ3) is 18.7. The summed E-state index contributed by atoms with van der Waals surface area (Å²) in [7, 11) is -2.75. The average Bonchev–Trinajstić information content (AvgIpc) is 2.82. The lowest BCUT2D eigenvalue weighted by atomic mass is 10.1. The van der Waals surface area contributed by atoms with Crippen LogP contribution in [0, 0.1) is 25.5 Å². The fourth-order valence-corrected chi connectivity index (χ4v) is 3.83. The monoisotopic (exact) mass is 572 g/mol. The van der Waals surface area contributed by atoms with Gasteiger partial charge < -0.3 is 14.0 Å². The molecule has 0 spiro atoms. The molecule has 2 aromatic carbocycles. The quantitative estimate of drug-likeness (QED) is 0.133. The van der Waals surface area contributed by atoms with Crippen molar-refractivity contribution in [2.75, 3.05) is 32.6 Å². The van der Waals surface area contributed by atoms with Gasteiger partial charge in [0.15, 0.2) is 0 Å². The van der Waals surface area contributed by atoms with Crippen LogP contribution in [-0.2, 0) is 28.2 Å². The van der Waals surface area contributed by atoms with Gasteiger partial charge in [0.1, 0.15) is 24.1 Å². The van der Waals surface area contributed by atoms with E-state index in [0.29, 0.717) is 42.8 Å². The molecule has 0 amide bonds. The number of aldehydes is 1. The predicted octanol–water partition coefficient (Wildman–Crippen LogP) is 7.42. The largest absolute Gasteiger partial charge is 0.466 e. The van der Waals surface area contributed by atoms with Crippen molar-refractivity contribution >= 4 is 31.7 Å². The summed E-state index contributed by atoms with van der Waals surface area (Å²) < 4.78 is 51.0. The first-order valence-electron chi connectivity index (χ1n) is 11.6. The summed E-state index contributed by atoms with van der Waals surface area (Å²) in [5, 5.41) is 0. The van der Waals surface area contributed by atoms with Crippen molar-refractivity contribution in [1.82, 2.24) is 0 Å². The Labute approximate surface area is 232 Å². The molecule has 0 aliphatic heterocycles. The van der Waals surface area contributed by atoms with E-state index in [0.717, 1.165) is 5.56 Å². The number of carbonyl (C=O) groups is 3. The number of benzene rings is 2. The Morgan fingerprint density at radius 3 is 1.77 bits per heavy atom. The molecule has 2 rings (SSSR count). The Kier molecular flexibility index (Phi) is 22.5. The zero-order chi connectivity index (χ0) is 28.4. The number of halogens is 2. The van der Waals surface area contributed by atoms with Crippen LogP contribution < -0.4 is 0 Å². The van der Waals surface area contributed by atoms with Crippen LogP contribution in [-0.4, -0.2) is 50.9 Å². The van der Waals surface area contributed by atoms with Crippen LogP contribution in [0.4, 0.5) is 8.78 Å². The number of ether oxygens (including phenoxy) is 2. The second-order valence-corrected chi connectivity index (χ2v) is 10.2. The van der Waals surface area contributed by atoms with Crippen molar-refractivity contribution in [3.8, 4) is 0 Å². The maximum Gasteiger partial charge on any atom is 0.330 e. The smallest absolute Gasteiger partial charge is 0.330 e. The minimum Gasteiger partial charge on any atom is -0.466 e. The minimum atomic E-state index is -2.75. The van der Waals surface area contributed by atoms with E-state index in [2.05, 4.69) is 4.74 Å². The van der Waals surface area contributed by atoms with E-state index in [9.17, 15) is 27.7 Å². The van der Waals surface area contributed by atoms with Crippen LogP contribution in [0.3, 0.4) is 0 Å². The molecule has 0 aromatic heterocycles. The molecule has 0 bridgehead atoms. The molecule has 0 heterocycles. The summed E-state index contributed by atoms with van der Waals surface area (Å²) in [5.41, 5.74) is 2.35. The molecule has 0 fully saturated rings. The Morgan fingerprint density at radius 2 is 1.33 bits per heavy atom. The third-order valence-electron chi connectivity index (χ3n) is 4.32. The predicted molar refractivity (Wildman–Crippen MR) is 153 cm³/mol. The van der Waals surface area contributed by atoms with Gasteiger partial charge in [0.2, 0.25) is 7.37 Å². The summed E-state index contributed by atoms with van der Waals surface area (Å²) in [5.74, 6) is -1.37. The summed E-state index contributed by atoms with van der Waals surface area (Å²) in [4.78, 5) is 32.0. The Balaban J connectivity index is -0.000000496. The maximum atomic E-state index is 12.9. The maximum absolute atomic E-state index is 12.9. The lowest BCUT2D eigenvalue weighted by Gasteiger charge is -2.10. The number of esters is 2. The number of aryl methyl sites for hydroxylation is 2. The molecule has 39 heavy (non-hydrogen) atoms. The third-order valence-corrected chi connectivity index (χ3v) is 5.96. The van der Waals surface area contributed by atoms with E-state index in [-0.39, 0.29) is 38.6 Å². The average molecular weight is 573 g/mol. The second-order valence-electron chi connectivity index (χ2n) is 7.62. The zero-order valence-electron chi connectivity index (χ0n) is 22.1. The number of carbonyl (C=O) groups excluding carboxylic acids is 3. The summed E-state index contributed by atoms with van der Waals surface area (Å²) >= 11 is 0. The van der Waals surface area contributed by atoms with Gasteiger partial charge in [0.05, 0.1) is 19.8 Å². The minimum absolute atomic E-state index is 0. The molecule has 1 atom stereocenters. The van der Waals surface area contributed by atoms with Crippen molar-refractivity contribution in [1.29, 1.82) is 0 Å². The standard InChI is InChI=1S/C12H13FO2.C8H7FO.C7H15O4P.2CH4/c1-3-15-12(14)7-5-10-4-6-11(13)9(2)8-10;1-6-4-7(5-10)2-3-8(6)9;1-4-10-7(8)6-12(3,9)11-5-2;;/h4-8H,3H2,1-2H3;2-5H,1H3;4-6H2,1-3H3;2*1H4/b7-5+;;;;. The van der Waals surface area contributed by atoms with E-state index in [1.165, 1.54) is 37.0 Å². The fourth-order valence-electron chi connectivity index (χ4n) is 2.63. The van der Waals surface area contributed by atoms with Crippen molar-refractivity contribution in [3.63, 3.8) is 0 Å². The normalized spacial score (nSPS) is 11.2. The molecule has 7 nitrogen and oxygen atoms in total. The molecule has 0 aliphatic rings. The van der Waals surface area contributed by atoms with Gasteiger partial charge in [-0.2, -0.15) is 0 Å². The van der Waals surface area contributed by atoms with E-state index in [4.69, 9.17) is 9.26 Å². The van der Waals surface area contributed by atoms with Gasteiger partial charge in [-0.3, -0.25) is 14.2 Å². The summed E-state index contributed by atoms with van der Waals surface area (Å²) in [6.45, 7) is 10.9. The van der Waals surface area contributed by atoms with Crippen LogP contribution in [0.15, 0.2) is 42.5 Å². The van der Waals surface area contributed by atoms with Crippen LogP contribution in [0.25, 0.3) is 6.08 Å². The highest BCUT2D eigenvalue weighted by Gasteiger charge is 2.20. The lowest BCUT2D eigenvalue weighted by molar-refractivity contribution is -0.140. The first-order chi connectivity index (χ1) is 17.4. The number of hydrogen-bond donors (Lipinski definition) is 0. The van der Waals surface area contributed by atoms with Crippen LogP contribution in [0.2, 0.25) is 0 Å². The highest BCUT2D eigenvalue weighted by molar-refractivity contribution is 7.59. The van der Waals surface area contributed by atoms with Gasteiger partial charge in [-0.05, 0) is 87.7 Å². The molecule has 220 valence electrons. The van der Waals surface area contributed by atoms with Crippen LogP contribution >= 0.6 is 7.37 Å². The van der Waals surface area contributed by atoms with Gasteiger partial charge >= 0.3 is 11.9 Å². The first-order valence-corrected chi connectivity index (χ1v) is 13.8. The summed E-state index contributed by atoms with van der Waals surface area (Å²) in [6.07, 6.45) is 3.50. The van der Waals surface area contributed by atoms with Gasteiger partial charge in [-0.1, -0.05) is 20.9 Å². The molecule has 0 saturated carbocycles. The van der Waals surface area contributed by atoms with Gasteiger partial charge in [0.25, 0.3) is 0 Å². The lowest BCUT2D eigenvalue weighted by Crippen LogP contribution is -2.10. The van der Waals surface area contributed by atoms with Crippen LogP contribution in [0.1, 0.15) is 62.7 Å². The molecule has 0 aliphatic carbocycles. The highest BCUT2D eigenvalue weighted by Crippen LogP contribution is 2.41. The van der Waals surface area contributed by atoms with Crippen molar-refractivity contribution in [2.45, 2.75) is 49.5 Å². The Hall–Kier alpha value is -3.16. The second kappa shape index (κ2) is 21.7. The highest BCUT2D eigenvalue weighted by atomic mass is 31.2. The summed E-state index contributed by atoms with van der Waals surface area (Å²) in [6, 6.07) is 8.92. The SMILES string of the molecule is C.C.CCOC(=O)/C=C/c1ccc(F)c(C)c1.CCOC(=O)CP(C)(=O)OCC.Cc1cc(C=O)ccc1F. The fraction of sp³-hybridized carbons (Fsp3) is 0.414. The van der Waals surface area contributed by atoms with E-state index in [1.54, 1.807) is 52.8 Å². The molecule has 10 heteroatoms. The van der Waals surface area contributed by atoms with Crippen molar-refractivity contribution in [2.24, 2.45) is 0 Å². The number of hydrogen-bond acceptors (Lipinski definition) is 7. The van der Waals surface area contributed by atoms with E-state index < -0.39 is 13.3 Å². The molecule has 0 radical (unpaired) electrons. The molecule has 1 unspecified atom stereocenters. The topological polar surface area (TPSA) is 96.0 Å². The van der Waals surface area contributed by atoms with Gasteiger partial charge in [0, 0.05) is 18.3 Å². The Morgan fingerprint density at radius 1 is 0.846 bits per heavy atom. The molecular weight excluding hydrogens is 529 g/mol. The zero-order valence-corrected chi connectivity index (χ0v) is 23.0. The Bertz CT molecular complexity index is 1100. The molecular formula is C29H43F2O7P. The van der Waals surface area contributed by atoms with Crippen LogP contribution in [0.5, 0.6) is 0 Å². The first kappa shape index (κ1) is 40.3. The van der Waals surface area contributed by atoms with Gasteiger partial charge in [-0.15, -0.1) is 0 Å².